The van der Waals surface area contributed by atoms with Crippen molar-refractivity contribution in [2.24, 2.45) is 0 Å². The number of hydrogen-bond donors (Lipinski definition) is 1. The quantitative estimate of drug-likeness (QED) is 0.570. The molecule has 126 valence electrons. The first kappa shape index (κ1) is 17.3. The maximum Gasteiger partial charge on any atom is 0.304 e. The summed E-state index contributed by atoms with van der Waals surface area (Å²) in [6, 6.07) is 28.6. The molecule has 0 amide bonds. The van der Waals surface area contributed by atoms with Crippen molar-refractivity contribution in [3.63, 3.8) is 0 Å². The molecule has 3 heteroatoms. The Bertz CT molecular complexity index is 798. The van der Waals surface area contributed by atoms with Crippen LogP contribution in [0.5, 0.6) is 0 Å². The first-order chi connectivity index (χ1) is 12.2. The van der Waals surface area contributed by atoms with E-state index in [0.717, 1.165) is 11.3 Å². The summed E-state index contributed by atoms with van der Waals surface area (Å²) in [5, 5.41) is 9.24. The van der Waals surface area contributed by atoms with Crippen LogP contribution in [0.2, 0.25) is 0 Å². The van der Waals surface area contributed by atoms with Gasteiger partial charge >= 0.3 is 5.97 Å². The minimum Gasteiger partial charge on any atom is -0.481 e. The van der Waals surface area contributed by atoms with Crippen molar-refractivity contribution in [3.8, 4) is 11.1 Å². The smallest absolute Gasteiger partial charge is 0.304 e. The minimum atomic E-state index is -0.755. The van der Waals surface area contributed by atoms with Crippen molar-refractivity contribution in [1.82, 2.24) is 0 Å². The van der Waals surface area contributed by atoms with E-state index in [1.807, 2.05) is 48.5 Å². The Labute approximate surface area is 152 Å². The zero-order chi connectivity index (χ0) is 17.5. The lowest BCUT2D eigenvalue weighted by Gasteiger charge is -2.15. The molecule has 3 aromatic carbocycles. The summed E-state index contributed by atoms with van der Waals surface area (Å²) in [6.07, 6.45) is 0.901. The van der Waals surface area contributed by atoms with Crippen LogP contribution in [0.1, 0.15) is 12.0 Å². The zero-order valence-corrected chi connectivity index (χ0v) is 14.7. The normalized spacial score (nSPS) is 11.8. The second kappa shape index (κ2) is 8.54. The average Bonchev–Trinajstić information content (AvgIpc) is 2.63. The SMILES string of the molecule is O=C(O)CC(Cc1ccccc1)Sc1ccc(-c2ccccc2)cc1. The van der Waals surface area contributed by atoms with Gasteiger partial charge in [0.05, 0.1) is 6.42 Å². The highest BCUT2D eigenvalue weighted by Crippen LogP contribution is 2.30. The molecule has 0 saturated heterocycles. The standard InChI is InChI=1S/C22H20O2S/c23-22(24)16-21(15-17-7-3-1-4-8-17)25-20-13-11-19(12-14-20)18-9-5-2-6-10-18/h1-14,21H,15-16H2,(H,23,24). The molecule has 0 spiro atoms. The summed E-state index contributed by atoms with van der Waals surface area (Å²) in [5.41, 5.74) is 3.52. The highest BCUT2D eigenvalue weighted by atomic mass is 32.2. The molecule has 0 heterocycles. The first-order valence-corrected chi connectivity index (χ1v) is 9.16. The third-order valence-electron chi connectivity index (χ3n) is 3.97. The van der Waals surface area contributed by atoms with E-state index in [4.69, 9.17) is 0 Å². The topological polar surface area (TPSA) is 37.3 Å². The molecule has 0 saturated carbocycles. The number of carbonyl (C=O) groups is 1. The number of hydrogen-bond acceptors (Lipinski definition) is 2. The van der Waals surface area contributed by atoms with E-state index < -0.39 is 5.97 Å². The van der Waals surface area contributed by atoms with Gasteiger partial charge < -0.3 is 5.11 Å². The summed E-state index contributed by atoms with van der Waals surface area (Å²) >= 11 is 1.63. The highest BCUT2D eigenvalue weighted by Gasteiger charge is 2.15. The van der Waals surface area contributed by atoms with Gasteiger partial charge in [0.25, 0.3) is 0 Å². The van der Waals surface area contributed by atoms with E-state index in [2.05, 4.69) is 36.4 Å². The molecule has 1 unspecified atom stereocenters. The van der Waals surface area contributed by atoms with Gasteiger partial charge in [-0.15, -0.1) is 11.8 Å². The molecule has 1 atom stereocenters. The molecule has 3 aromatic rings. The number of benzene rings is 3. The van der Waals surface area contributed by atoms with Crippen molar-refractivity contribution in [3.05, 3.63) is 90.5 Å². The fraction of sp³-hybridized carbons (Fsp3) is 0.136. The molecule has 0 fully saturated rings. The van der Waals surface area contributed by atoms with Gasteiger partial charge in [-0.2, -0.15) is 0 Å². The Morgan fingerprint density at radius 2 is 1.36 bits per heavy atom. The van der Waals surface area contributed by atoms with Gasteiger partial charge in [0.15, 0.2) is 0 Å². The second-order valence-electron chi connectivity index (χ2n) is 5.92. The van der Waals surface area contributed by atoms with E-state index in [9.17, 15) is 9.90 Å². The third kappa shape index (κ3) is 5.23. The van der Waals surface area contributed by atoms with Crippen LogP contribution in [0.3, 0.4) is 0 Å². The van der Waals surface area contributed by atoms with Crippen LogP contribution in [0, 0.1) is 0 Å². The Morgan fingerprint density at radius 3 is 1.96 bits per heavy atom. The molecule has 0 radical (unpaired) electrons. The predicted molar refractivity (Wildman–Crippen MR) is 104 cm³/mol. The van der Waals surface area contributed by atoms with Crippen molar-refractivity contribution >= 4 is 17.7 Å². The van der Waals surface area contributed by atoms with Gasteiger partial charge in [-0.05, 0) is 35.2 Å². The number of carboxylic acids is 1. The maximum atomic E-state index is 11.2. The molecule has 1 N–H and O–H groups in total. The van der Waals surface area contributed by atoms with Crippen LogP contribution in [0.15, 0.2) is 89.8 Å². The van der Waals surface area contributed by atoms with E-state index >= 15 is 0 Å². The number of thioether (sulfide) groups is 1. The average molecular weight is 348 g/mol. The van der Waals surface area contributed by atoms with Gasteiger partial charge in [-0.1, -0.05) is 72.8 Å². The van der Waals surface area contributed by atoms with Crippen LogP contribution in [-0.2, 0) is 11.2 Å². The fourth-order valence-corrected chi connectivity index (χ4v) is 3.96. The van der Waals surface area contributed by atoms with E-state index in [-0.39, 0.29) is 11.7 Å². The van der Waals surface area contributed by atoms with Gasteiger partial charge in [-0.3, -0.25) is 4.79 Å². The Morgan fingerprint density at radius 1 is 0.800 bits per heavy atom. The fourth-order valence-electron chi connectivity index (χ4n) is 2.78. The lowest BCUT2D eigenvalue weighted by atomic mass is 10.1. The zero-order valence-electron chi connectivity index (χ0n) is 13.8. The molecule has 3 rings (SSSR count). The van der Waals surface area contributed by atoms with Crippen LogP contribution in [0.4, 0.5) is 0 Å². The van der Waals surface area contributed by atoms with Gasteiger partial charge in [0.1, 0.15) is 0 Å². The molecule has 0 aromatic heterocycles. The number of aliphatic carboxylic acids is 1. The summed E-state index contributed by atoms with van der Waals surface area (Å²) in [7, 11) is 0. The van der Waals surface area contributed by atoms with Crippen LogP contribution < -0.4 is 0 Å². The monoisotopic (exact) mass is 348 g/mol. The van der Waals surface area contributed by atoms with Crippen molar-refractivity contribution < 1.29 is 9.90 Å². The predicted octanol–water partition coefficient (Wildman–Crippen LogP) is 5.53. The Kier molecular flexibility index (Phi) is 5.91. The molecular weight excluding hydrogens is 328 g/mol. The summed E-state index contributed by atoms with van der Waals surface area (Å²) < 4.78 is 0. The number of rotatable bonds is 7. The van der Waals surface area contributed by atoms with Crippen molar-refractivity contribution in [2.45, 2.75) is 23.0 Å². The van der Waals surface area contributed by atoms with E-state index in [1.54, 1.807) is 11.8 Å². The third-order valence-corrected chi connectivity index (χ3v) is 5.18. The molecule has 2 nitrogen and oxygen atoms in total. The molecule has 0 aliphatic rings. The van der Waals surface area contributed by atoms with Crippen LogP contribution >= 0.6 is 11.8 Å². The largest absolute Gasteiger partial charge is 0.481 e. The lowest BCUT2D eigenvalue weighted by molar-refractivity contribution is -0.136. The highest BCUT2D eigenvalue weighted by molar-refractivity contribution is 8.00. The van der Waals surface area contributed by atoms with Gasteiger partial charge in [0, 0.05) is 10.1 Å². The van der Waals surface area contributed by atoms with E-state index in [1.165, 1.54) is 16.7 Å². The van der Waals surface area contributed by atoms with Gasteiger partial charge in [-0.25, -0.2) is 0 Å². The number of carboxylic acid groups (broad SMARTS) is 1. The molecule has 25 heavy (non-hydrogen) atoms. The maximum absolute atomic E-state index is 11.2. The lowest BCUT2D eigenvalue weighted by Crippen LogP contribution is -2.13. The van der Waals surface area contributed by atoms with Gasteiger partial charge in [0.2, 0.25) is 0 Å². The van der Waals surface area contributed by atoms with Crippen LogP contribution in [0.25, 0.3) is 11.1 Å². The Hall–Kier alpha value is -2.52. The summed E-state index contributed by atoms with van der Waals surface area (Å²) in [6.45, 7) is 0. The molecular formula is C22H20O2S. The molecule has 0 aliphatic carbocycles. The molecule has 0 aliphatic heterocycles. The molecule has 0 bridgehead atoms. The Balaban J connectivity index is 1.71. The second-order valence-corrected chi connectivity index (χ2v) is 7.29. The summed E-state index contributed by atoms with van der Waals surface area (Å²) in [5.74, 6) is -0.755. The van der Waals surface area contributed by atoms with E-state index in [0.29, 0.717) is 0 Å². The van der Waals surface area contributed by atoms with Crippen molar-refractivity contribution in [1.29, 1.82) is 0 Å². The van der Waals surface area contributed by atoms with Crippen LogP contribution in [-0.4, -0.2) is 16.3 Å². The van der Waals surface area contributed by atoms with Crippen molar-refractivity contribution in [2.75, 3.05) is 0 Å². The summed E-state index contributed by atoms with van der Waals surface area (Å²) in [4.78, 5) is 12.3. The minimum absolute atomic E-state index is 0.0162. The first-order valence-electron chi connectivity index (χ1n) is 8.28.